The molecule has 0 N–H and O–H groups in total. The van der Waals surface area contributed by atoms with Gasteiger partial charge in [0.2, 0.25) is 0 Å². The van der Waals surface area contributed by atoms with E-state index in [-0.39, 0.29) is 5.41 Å². The molecule has 312 valence electrons. The van der Waals surface area contributed by atoms with Gasteiger partial charge in [0.15, 0.2) is 0 Å². The van der Waals surface area contributed by atoms with E-state index in [1.54, 1.807) is 0 Å². The standard InChI is InChI=1S/C64H45NO/c1-63(2)54-27-12-9-23-50(54)52-38-37-47(41-57(52)63)65(59-30-15-11-22-48(59)43-20-7-4-8-21-43)46-35-32-44(33-36-46)49-25-17-26-53-51-24-10-13-28-55(51)64(62(49)53)56-29-14-16-31-60(56)66-61-39-34-45(40-58(61)64)42-18-5-3-6-19-42/h3-41H,1-2H3. The Hall–Kier alpha value is -8.20. The maximum absolute atomic E-state index is 6.85. The number of para-hydroxylation sites is 2. The lowest BCUT2D eigenvalue weighted by Crippen LogP contribution is -2.32. The van der Waals surface area contributed by atoms with Crippen LogP contribution in [0.15, 0.2) is 237 Å². The quantitative estimate of drug-likeness (QED) is 0.165. The molecule has 3 aliphatic rings. The van der Waals surface area contributed by atoms with Crippen LogP contribution in [0.5, 0.6) is 11.5 Å². The molecule has 0 saturated heterocycles. The summed E-state index contributed by atoms with van der Waals surface area (Å²) in [7, 11) is 0. The Kier molecular flexibility index (Phi) is 8.51. The lowest BCUT2D eigenvalue weighted by molar-refractivity contribution is 0.436. The Morgan fingerprint density at radius 2 is 0.848 bits per heavy atom. The second-order valence-corrected chi connectivity index (χ2v) is 18.4. The minimum Gasteiger partial charge on any atom is -0.457 e. The minimum absolute atomic E-state index is 0.138. The maximum Gasteiger partial charge on any atom is 0.132 e. The number of rotatable bonds is 6. The Morgan fingerprint density at radius 3 is 1.62 bits per heavy atom. The van der Waals surface area contributed by atoms with Gasteiger partial charge in [-0.3, -0.25) is 0 Å². The third-order valence-electron chi connectivity index (χ3n) is 14.6. The van der Waals surface area contributed by atoms with Gasteiger partial charge in [0.1, 0.15) is 11.5 Å². The molecule has 2 nitrogen and oxygen atoms in total. The molecule has 1 spiro atoms. The third kappa shape index (κ3) is 5.55. The topological polar surface area (TPSA) is 12.5 Å². The fraction of sp³-hybridized carbons (Fsp3) is 0.0625. The highest BCUT2D eigenvalue weighted by atomic mass is 16.5. The van der Waals surface area contributed by atoms with Crippen molar-refractivity contribution in [1.29, 1.82) is 0 Å². The van der Waals surface area contributed by atoms with E-state index in [1.807, 2.05) is 0 Å². The second kappa shape index (κ2) is 14.7. The molecule has 0 aromatic heterocycles. The van der Waals surface area contributed by atoms with Crippen molar-refractivity contribution in [3.63, 3.8) is 0 Å². The molecule has 13 rings (SSSR count). The van der Waals surface area contributed by atoms with Crippen molar-refractivity contribution in [2.45, 2.75) is 24.7 Å². The first-order chi connectivity index (χ1) is 32.5. The van der Waals surface area contributed by atoms with Crippen LogP contribution in [0.25, 0.3) is 55.6 Å². The van der Waals surface area contributed by atoms with Crippen LogP contribution in [0.4, 0.5) is 17.1 Å². The fourth-order valence-electron chi connectivity index (χ4n) is 11.6. The summed E-state index contributed by atoms with van der Waals surface area (Å²) >= 11 is 0. The SMILES string of the molecule is CC1(C)c2ccccc2-c2ccc(N(c3ccc(-c4cccc5c4C4(c6ccccc6Oc6ccc(-c7ccccc7)cc64)c4ccccc4-5)cc3)c3ccccc3-c3ccccc3)cc21. The maximum atomic E-state index is 6.85. The van der Waals surface area contributed by atoms with Gasteiger partial charge in [0, 0.05) is 33.5 Å². The van der Waals surface area contributed by atoms with Gasteiger partial charge >= 0.3 is 0 Å². The van der Waals surface area contributed by atoms with Crippen LogP contribution in [-0.4, -0.2) is 0 Å². The number of benzene rings is 10. The smallest absolute Gasteiger partial charge is 0.132 e. The molecule has 2 aliphatic carbocycles. The molecule has 1 heterocycles. The van der Waals surface area contributed by atoms with Crippen molar-refractivity contribution in [1.82, 2.24) is 0 Å². The summed E-state index contributed by atoms with van der Waals surface area (Å²) in [5.74, 6) is 1.77. The highest BCUT2D eigenvalue weighted by Gasteiger charge is 2.52. The highest BCUT2D eigenvalue weighted by Crippen LogP contribution is 2.64. The number of fused-ring (bicyclic) bond motifs is 12. The van der Waals surface area contributed by atoms with Gasteiger partial charge in [-0.05, 0) is 121 Å². The number of ether oxygens (including phenoxy) is 1. The van der Waals surface area contributed by atoms with Gasteiger partial charge in [-0.1, -0.05) is 202 Å². The van der Waals surface area contributed by atoms with E-state index in [0.29, 0.717) is 0 Å². The Labute approximate surface area is 386 Å². The largest absolute Gasteiger partial charge is 0.457 e. The van der Waals surface area contributed by atoms with E-state index >= 15 is 0 Å². The molecule has 1 unspecified atom stereocenters. The van der Waals surface area contributed by atoms with Crippen LogP contribution in [0.2, 0.25) is 0 Å². The Bertz CT molecular complexity index is 3530. The minimum atomic E-state index is -0.633. The van der Waals surface area contributed by atoms with Crippen LogP contribution in [0.3, 0.4) is 0 Å². The molecule has 10 aromatic carbocycles. The normalized spacial score (nSPS) is 15.4. The lowest BCUT2D eigenvalue weighted by atomic mass is 9.64. The first kappa shape index (κ1) is 38.3. The molecule has 10 aromatic rings. The van der Waals surface area contributed by atoms with Crippen molar-refractivity contribution in [3.8, 4) is 67.1 Å². The average Bonchev–Trinajstić information content (AvgIpc) is 3.80. The van der Waals surface area contributed by atoms with Gasteiger partial charge in [-0.25, -0.2) is 0 Å². The fourth-order valence-corrected chi connectivity index (χ4v) is 11.6. The van der Waals surface area contributed by atoms with Crippen molar-refractivity contribution in [3.05, 3.63) is 270 Å². The van der Waals surface area contributed by atoms with E-state index in [1.165, 1.54) is 72.3 Å². The van der Waals surface area contributed by atoms with Crippen molar-refractivity contribution in [2.24, 2.45) is 0 Å². The average molecular weight is 844 g/mol. The third-order valence-corrected chi connectivity index (χ3v) is 14.6. The van der Waals surface area contributed by atoms with E-state index in [4.69, 9.17) is 4.74 Å². The van der Waals surface area contributed by atoms with Crippen LogP contribution >= 0.6 is 0 Å². The zero-order valence-electron chi connectivity index (χ0n) is 36.9. The number of hydrogen-bond acceptors (Lipinski definition) is 2. The summed E-state index contributed by atoms with van der Waals surface area (Å²) in [4.78, 5) is 2.45. The van der Waals surface area contributed by atoms with Gasteiger partial charge in [-0.15, -0.1) is 0 Å². The molecule has 2 heteroatoms. The zero-order chi connectivity index (χ0) is 44.0. The van der Waals surface area contributed by atoms with Gasteiger partial charge < -0.3 is 9.64 Å². The first-order valence-corrected chi connectivity index (χ1v) is 23.0. The van der Waals surface area contributed by atoms with Crippen molar-refractivity contribution in [2.75, 3.05) is 4.90 Å². The molecule has 66 heavy (non-hydrogen) atoms. The molecule has 0 radical (unpaired) electrons. The molecule has 0 bridgehead atoms. The molecule has 1 atom stereocenters. The van der Waals surface area contributed by atoms with Gasteiger partial charge in [0.25, 0.3) is 0 Å². The van der Waals surface area contributed by atoms with E-state index < -0.39 is 5.41 Å². The van der Waals surface area contributed by atoms with Crippen LogP contribution < -0.4 is 9.64 Å². The van der Waals surface area contributed by atoms with Crippen LogP contribution in [-0.2, 0) is 10.8 Å². The molecule has 0 amide bonds. The zero-order valence-corrected chi connectivity index (χ0v) is 36.9. The highest BCUT2D eigenvalue weighted by molar-refractivity contribution is 5.96. The van der Waals surface area contributed by atoms with Crippen LogP contribution in [0, 0.1) is 0 Å². The number of nitrogens with zero attached hydrogens (tertiary/aromatic N) is 1. The Balaban J connectivity index is 1.01. The number of hydrogen-bond donors (Lipinski definition) is 0. The predicted octanol–water partition coefficient (Wildman–Crippen LogP) is 16.9. The summed E-state index contributed by atoms with van der Waals surface area (Å²) in [5.41, 5.74) is 22.4. The van der Waals surface area contributed by atoms with E-state index in [0.717, 1.165) is 45.3 Å². The van der Waals surface area contributed by atoms with E-state index in [2.05, 4.69) is 255 Å². The first-order valence-electron chi connectivity index (χ1n) is 23.0. The molecule has 0 fully saturated rings. The monoisotopic (exact) mass is 843 g/mol. The summed E-state index contributed by atoms with van der Waals surface area (Å²) in [6.45, 7) is 4.72. The Morgan fingerprint density at radius 1 is 0.318 bits per heavy atom. The molecule has 0 saturated carbocycles. The predicted molar refractivity (Wildman–Crippen MR) is 272 cm³/mol. The second-order valence-electron chi connectivity index (χ2n) is 18.4. The molecule has 1 aliphatic heterocycles. The summed E-state index contributed by atoms with van der Waals surface area (Å²) < 4.78 is 6.85. The molecular weight excluding hydrogens is 799 g/mol. The summed E-state index contributed by atoms with van der Waals surface area (Å²) in [5, 5.41) is 0. The van der Waals surface area contributed by atoms with Crippen molar-refractivity contribution < 1.29 is 4.74 Å². The molecular formula is C64H45NO. The van der Waals surface area contributed by atoms with Crippen molar-refractivity contribution >= 4 is 17.1 Å². The number of anilines is 3. The summed E-state index contributed by atoms with van der Waals surface area (Å²) in [6.07, 6.45) is 0. The van der Waals surface area contributed by atoms with Gasteiger partial charge in [0.05, 0.1) is 11.1 Å². The van der Waals surface area contributed by atoms with E-state index in [9.17, 15) is 0 Å². The lowest BCUT2D eigenvalue weighted by Gasteiger charge is -2.40. The van der Waals surface area contributed by atoms with Gasteiger partial charge in [-0.2, -0.15) is 0 Å². The van der Waals surface area contributed by atoms with Crippen LogP contribution in [0.1, 0.15) is 47.2 Å². The summed E-state index contributed by atoms with van der Waals surface area (Å²) in [6, 6.07) is 86.8.